The minimum absolute atomic E-state index is 0.0227. The molecule has 2 atom stereocenters. The van der Waals surface area contributed by atoms with Crippen LogP contribution in [0, 0.1) is 5.92 Å². The molecule has 1 aromatic heterocycles. The highest BCUT2D eigenvalue weighted by Crippen LogP contribution is 2.40. The van der Waals surface area contributed by atoms with E-state index in [4.69, 9.17) is 0 Å². The van der Waals surface area contributed by atoms with Crippen molar-refractivity contribution in [2.45, 2.75) is 90.2 Å². The molecule has 45 heavy (non-hydrogen) atoms. The molecule has 1 aliphatic heterocycles. The predicted octanol–water partition coefficient (Wildman–Crippen LogP) is 8.43. The fourth-order valence-corrected chi connectivity index (χ4v) is 6.09. The normalized spacial score (nSPS) is 17.6. The number of benzene rings is 2. The number of aryl methyl sites for hydroxylation is 1. The van der Waals surface area contributed by atoms with Gasteiger partial charge in [0.1, 0.15) is 0 Å². The van der Waals surface area contributed by atoms with E-state index in [0.717, 1.165) is 42.7 Å². The average molecular weight is 651 g/mol. The second-order valence-corrected chi connectivity index (χ2v) is 11.7. The van der Waals surface area contributed by atoms with Crippen molar-refractivity contribution in [3.05, 3.63) is 69.8 Å². The van der Waals surface area contributed by atoms with E-state index in [2.05, 4.69) is 34.2 Å². The molecule has 0 radical (unpaired) electrons. The average Bonchev–Trinajstić information content (AvgIpc) is 3.38. The summed E-state index contributed by atoms with van der Waals surface area (Å²) in [6, 6.07) is 4.51. The van der Waals surface area contributed by atoms with Gasteiger partial charge < -0.3 is 4.90 Å². The molecule has 2 heterocycles. The molecule has 3 aromatic rings. The van der Waals surface area contributed by atoms with Gasteiger partial charge in [-0.2, -0.15) is 44.3 Å². The lowest BCUT2D eigenvalue weighted by atomic mass is 9.87. The van der Waals surface area contributed by atoms with E-state index in [-0.39, 0.29) is 47.7 Å². The Morgan fingerprint density at radius 2 is 1.47 bits per heavy atom. The summed E-state index contributed by atoms with van der Waals surface area (Å²) in [5.74, 6) is 0.110. The van der Waals surface area contributed by atoms with Crippen LogP contribution in [-0.4, -0.2) is 37.7 Å². The van der Waals surface area contributed by atoms with Crippen molar-refractivity contribution in [1.82, 2.24) is 25.1 Å². The minimum atomic E-state index is -5.07. The maximum atomic E-state index is 14.0. The Morgan fingerprint density at radius 1 is 0.844 bits per heavy atom. The Bertz CT molecular complexity index is 1410. The number of nitrogens with zero attached hydrogens (tertiary/aromatic N) is 6. The smallest absolute Gasteiger partial charge is 0.330 e. The molecule has 4 rings (SSSR count). The summed E-state index contributed by atoms with van der Waals surface area (Å²) in [7, 11) is 1.41. The van der Waals surface area contributed by atoms with Crippen LogP contribution in [0.15, 0.2) is 36.4 Å². The lowest BCUT2D eigenvalue weighted by molar-refractivity contribution is -0.143. The maximum Gasteiger partial charge on any atom is 0.416 e. The van der Waals surface area contributed by atoms with Crippen molar-refractivity contribution in [3.63, 3.8) is 0 Å². The first-order chi connectivity index (χ1) is 20.9. The van der Waals surface area contributed by atoms with Gasteiger partial charge in [0, 0.05) is 25.2 Å². The first-order valence-corrected chi connectivity index (χ1v) is 14.6. The summed E-state index contributed by atoms with van der Waals surface area (Å²) < 4.78 is 124. The molecule has 248 valence electrons. The quantitative estimate of drug-likeness (QED) is 0.218. The molecule has 0 spiro atoms. The Kier molecular flexibility index (Phi) is 10.1. The van der Waals surface area contributed by atoms with Gasteiger partial charge in [-0.05, 0) is 84.0 Å². The Hall–Kier alpha value is -3.36. The fraction of sp³-hybridized carbons (Fsp3) is 0.567. The summed E-state index contributed by atoms with van der Waals surface area (Å²) >= 11 is 0. The number of likely N-dealkylation sites (tertiary alicyclic amines) is 1. The van der Waals surface area contributed by atoms with Crippen LogP contribution in [0.2, 0.25) is 0 Å². The summed E-state index contributed by atoms with van der Waals surface area (Å²) in [6.07, 6.45) is -11.4. The SMILES string of the molecule is CCC(c1ccc(C(F)(F)F)cc1CN(Cc1cc(C(F)(F)F)cc(C(F)(F)F)c1)c1nnn(C)n1)N1CCCCC1C(C)C. The van der Waals surface area contributed by atoms with E-state index in [0.29, 0.717) is 24.1 Å². The molecule has 2 aromatic carbocycles. The van der Waals surface area contributed by atoms with Crippen LogP contribution in [0.4, 0.5) is 45.5 Å². The van der Waals surface area contributed by atoms with E-state index < -0.39 is 41.8 Å². The highest BCUT2D eigenvalue weighted by Gasteiger charge is 2.38. The van der Waals surface area contributed by atoms with Crippen molar-refractivity contribution in [2.24, 2.45) is 13.0 Å². The Balaban J connectivity index is 1.84. The zero-order valence-corrected chi connectivity index (χ0v) is 25.2. The molecule has 0 bridgehead atoms. The van der Waals surface area contributed by atoms with Crippen LogP contribution < -0.4 is 4.90 Å². The summed E-state index contributed by atoms with van der Waals surface area (Å²) in [4.78, 5) is 4.58. The van der Waals surface area contributed by atoms with Crippen molar-refractivity contribution in [3.8, 4) is 0 Å². The fourth-order valence-electron chi connectivity index (χ4n) is 6.09. The van der Waals surface area contributed by atoms with Crippen molar-refractivity contribution in [2.75, 3.05) is 11.4 Å². The number of alkyl halides is 9. The van der Waals surface area contributed by atoms with Crippen molar-refractivity contribution in [1.29, 1.82) is 0 Å². The third-order valence-corrected chi connectivity index (χ3v) is 8.14. The molecular formula is C30H35F9N6. The first kappa shape index (κ1) is 34.5. The van der Waals surface area contributed by atoms with E-state index in [1.165, 1.54) is 18.0 Å². The molecule has 1 saturated heterocycles. The molecule has 1 aliphatic rings. The van der Waals surface area contributed by atoms with Crippen LogP contribution in [0.25, 0.3) is 0 Å². The zero-order chi connectivity index (χ0) is 33.3. The second kappa shape index (κ2) is 13.2. The van der Waals surface area contributed by atoms with E-state index in [1.54, 1.807) is 0 Å². The number of anilines is 1. The molecule has 0 aliphatic carbocycles. The van der Waals surface area contributed by atoms with Crippen molar-refractivity contribution >= 4 is 5.95 Å². The van der Waals surface area contributed by atoms with Gasteiger partial charge in [0.15, 0.2) is 0 Å². The highest BCUT2D eigenvalue weighted by atomic mass is 19.4. The maximum absolute atomic E-state index is 14.0. The van der Waals surface area contributed by atoms with Crippen molar-refractivity contribution < 1.29 is 39.5 Å². The first-order valence-electron chi connectivity index (χ1n) is 14.6. The molecule has 0 N–H and O–H groups in total. The van der Waals surface area contributed by atoms with Gasteiger partial charge in [-0.1, -0.05) is 38.4 Å². The molecule has 0 amide bonds. The second-order valence-electron chi connectivity index (χ2n) is 11.7. The molecule has 15 heteroatoms. The summed E-state index contributed by atoms with van der Waals surface area (Å²) in [5, 5.41) is 11.7. The van der Waals surface area contributed by atoms with Gasteiger partial charge in [0.25, 0.3) is 5.95 Å². The van der Waals surface area contributed by atoms with Crippen LogP contribution in [0.1, 0.15) is 85.9 Å². The number of halogens is 9. The summed E-state index contributed by atoms with van der Waals surface area (Å²) in [6.45, 7) is 5.95. The van der Waals surface area contributed by atoms with Gasteiger partial charge in [0.2, 0.25) is 0 Å². The van der Waals surface area contributed by atoms with Crippen LogP contribution >= 0.6 is 0 Å². The molecule has 2 unspecified atom stereocenters. The summed E-state index contributed by atoms with van der Waals surface area (Å²) in [5.41, 5.74) is -3.51. The van der Waals surface area contributed by atoms with Crippen LogP contribution in [0.3, 0.4) is 0 Å². The Morgan fingerprint density at radius 3 is 1.98 bits per heavy atom. The van der Waals surface area contributed by atoms with Gasteiger partial charge in [-0.3, -0.25) is 4.90 Å². The molecular weight excluding hydrogens is 615 g/mol. The number of piperidine rings is 1. The molecule has 0 saturated carbocycles. The molecule has 6 nitrogen and oxygen atoms in total. The monoisotopic (exact) mass is 650 g/mol. The van der Waals surface area contributed by atoms with E-state index >= 15 is 0 Å². The largest absolute Gasteiger partial charge is 0.416 e. The lowest BCUT2D eigenvalue weighted by Gasteiger charge is -2.44. The van der Waals surface area contributed by atoms with Crippen LogP contribution in [0.5, 0.6) is 0 Å². The minimum Gasteiger partial charge on any atom is -0.330 e. The standard InChI is InChI=1S/C30H35F9N6/c1-5-25(45-11-7-6-8-26(45)18(2)3)24-10-9-21(28(31,32)33)14-20(24)17-44(27-40-42-43(4)41-27)16-19-12-22(29(34,35)36)15-23(13-19)30(37,38)39/h9-10,12-15,18,25-26H,5-8,11,16-17H2,1-4H3. The third-order valence-electron chi connectivity index (χ3n) is 8.14. The van der Waals surface area contributed by atoms with Gasteiger partial charge in [-0.25, -0.2) is 0 Å². The number of aromatic nitrogens is 4. The topological polar surface area (TPSA) is 50.1 Å². The van der Waals surface area contributed by atoms with E-state index in [1.807, 2.05) is 6.92 Å². The van der Waals surface area contributed by atoms with Gasteiger partial charge in [0.05, 0.1) is 23.7 Å². The predicted molar refractivity (Wildman–Crippen MR) is 149 cm³/mol. The lowest BCUT2D eigenvalue weighted by Crippen LogP contribution is -2.45. The number of hydrogen-bond acceptors (Lipinski definition) is 5. The van der Waals surface area contributed by atoms with E-state index in [9.17, 15) is 39.5 Å². The number of hydrogen-bond donors (Lipinski definition) is 0. The third kappa shape index (κ3) is 8.27. The highest BCUT2D eigenvalue weighted by molar-refractivity contribution is 5.42. The number of rotatable bonds is 9. The number of tetrazole rings is 1. The van der Waals surface area contributed by atoms with Gasteiger partial charge in [-0.15, -0.1) is 5.10 Å². The molecule has 1 fully saturated rings. The van der Waals surface area contributed by atoms with Gasteiger partial charge >= 0.3 is 18.5 Å². The van der Waals surface area contributed by atoms with Crippen LogP contribution in [-0.2, 0) is 38.7 Å². The zero-order valence-electron chi connectivity index (χ0n) is 25.2. The Labute approximate surface area is 255 Å².